The number of hydrogen-bond acceptors (Lipinski definition) is 7. The quantitative estimate of drug-likeness (QED) is 0.641. The van der Waals surface area contributed by atoms with Gasteiger partial charge in [0, 0.05) is 31.2 Å². The van der Waals surface area contributed by atoms with Crippen molar-refractivity contribution in [2.75, 3.05) is 29.9 Å². The highest BCUT2D eigenvalue weighted by Crippen LogP contribution is 2.29. The molecule has 1 saturated heterocycles. The fourth-order valence-electron chi connectivity index (χ4n) is 3.66. The van der Waals surface area contributed by atoms with E-state index < -0.39 is 5.60 Å². The van der Waals surface area contributed by atoms with Gasteiger partial charge in [-0.2, -0.15) is 4.98 Å². The molecule has 4 rings (SSSR count). The second kappa shape index (κ2) is 7.33. The molecule has 2 aromatic heterocycles. The van der Waals surface area contributed by atoms with Crippen LogP contribution >= 0.6 is 0 Å². The summed E-state index contributed by atoms with van der Waals surface area (Å²) in [6, 6.07) is 8.17. The summed E-state index contributed by atoms with van der Waals surface area (Å²) in [5.41, 5.74) is 3.14. The van der Waals surface area contributed by atoms with Crippen LogP contribution in [0, 0.1) is 13.8 Å². The zero-order valence-electron chi connectivity index (χ0n) is 16.2. The highest BCUT2D eigenvalue weighted by Gasteiger charge is 2.32. The average molecular weight is 379 g/mol. The first-order valence-corrected chi connectivity index (χ1v) is 9.51. The first-order chi connectivity index (χ1) is 13.5. The summed E-state index contributed by atoms with van der Waals surface area (Å²) in [7, 11) is 0. The smallest absolute Gasteiger partial charge is 0.227 e. The van der Waals surface area contributed by atoms with E-state index in [4.69, 9.17) is 9.97 Å². The van der Waals surface area contributed by atoms with E-state index in [0.717, 1.165) is 16.6 Å². The molecule has 0 radical (unpaired) electrons. The molecule has 0 amide bonds. The SMILES string of the molecule is Cc1cc(C)cc(Nc2nc(N3CCC(O)(CO)CC3)nc3ccncc23)c1. The van der Waals surface area contributed by atoms with E-state index in [1.54, 1.807) is 12.4 Å². The maximum Gasteiger partial charge on any atom is 0.227 e. The number of rotatable bonds is 4. The monoisotopic (exact) mass is 379 g/mol. The fourth-order valence-corrected chi connectivity index (χ4v) is 3.66. The maximum atomic E-state index is 10.3. The summed E-state index contributed by atoms with van der Waals surface area (Å²) >= 11 is 0. The lowest BCUT2D eigenvalue weighted by Crippen LogP contribution is -2.47. The molecule has 0 atom stereocenters. The van der Waals surface area contributed by atoms with Crippen LogP contribution in [-0.2, 0) is 0 Å². The van der Waals surface area contributed by atoms with Gasteiger partial charge in [0.1, 0.15) is 5.82 Å². The minimum atomic E-state index is -1.00. The molecule has 1 aliphatic heterocycles. The van der Waals surface area contributed by atoms with Crippen molar-refractivity contribution in [1.82, 2.24) is 15.0 Å². The molecule has 7 nitrogen and oxygen atoms in total. The largest absolute Gasteiger partial charge is 0.393 e. The number of fused-ring (bicyclic) bond motifs is 1. The van der Waals surface area contributed by atoms with Crippen LogP contribution < -0.4 is 10.2 Å². The Labute approximate surface area is 164 Å². The number of anilines is 3. The van der Waals surface area contributed by atoms with Crippen molar-refractivity contribution >= 4 is 28.4 Å². The number of hydrogen-bond donors (Lipinski definition) is 3. The molecular formula is C21H25N5O2. The second-order valence-electron chi connectivity index (χ2n) is 7.64. The maximum absolute atomic E-state index is 10.3. The Morgan fingerprint density at radius 1 is 1.11 bits per heavy atom. The molecule has 28 heavy (non-hydrogen) atoms. The van der Waals surface area contributed by atoms with Crippen molar-refractivity contribution in [3.63, 3.8) is 0 Å². The molecule has 146 valence electrons. The molecule has 1 fully saturated rings. The van der Waals surface area contributed by atoms with Crippen molar-refractivity contribution in [2.24, 2.45) is 0 Å². The summed E-state index contributed by atoms with van der Waals surface area (Å²) in [6.45, 7) is 5.11. The van der Waals surface area contributed by atoms with Gasteiger partial charge < -0.3 is 20.4 Å². The standard InChI is InChI=1S/C21H25N5O2/c1-14-9-15(2)11-16(10-14)23-19-17-12-22-6-3-18(17)24-20(25-19)26-7-4-21(28,13-27)5-8-26/h3,6,9-12,27-28H,4-5,7-8,13H2,1-2H3,(H,23,24,25). The van der Waals surface area contributed by atoms with Crippen LogP contribution in [-0.4, -0.2) is 50.5 Å². The third kappa shape index (κ3) is 3.76. The van der Waals surface area contributed by atoms with E-state index in [-0.39, 0.29) is 6.61 Å². The fraction of sp³-hybridized carbons (Fsp3) is 0.381. The van der Waals surface area contributed by atoms with Crippen molar-refractivity contribution in [2.45, 2.75) is 32.3 Å². The first kappa shape index (κ1) is 18.6. The predicted molar refractivity (Wildman–Crippen MR) is 110 cm³/mol. The van der Waals surface area contributed by atoms with Gasteiger partial charge >= 0.3 is 0 Å². The minimum Gasteiger partial charge on any atom is -0.393 e. The molecule has 0 spiro atoms. The zero-order valence-corrected chi connectivity index (χ0v) is 16.2. The molecule has 1 aromatic carbocycles. The highest BCUT2D eigenvalue weighted by molar-refractivity contribution is 5.91. The number of piperidine rings is 1. The number of nitrogens with one attached hydrogen (secondary N) is 1. The number of aliphatic hydroxyl groups is 2. The molecule has 0 bridgehead atoms. The van der Waals surface area contributed by atoms with Crippen molar-refractivity contribution < 1.29 is 10.2 Å². The van der Waals surface area contributed by atoms with Crippen LogP contribution in [0.15, 0.2) is 36.7 Å². The lowest BCUT2D eigenvalue weighted by atomic mass is 9.93. The summed E-state index contributed by atoms with van der Waals surface area (Å²) in [5.74, 6) is 1.33. The summed E-state index contributed by atoms with van der Waals surface area (Å²) in [5, 5.41) is 23.9. The van der Waals surface area contributed by atoms with Crippen molar-refractivity contribution in [1.29, 1.82) is 0 Å². The van der Waals surface area contributed by atoms with Gasteiger partial charge in [0.2, 0.25) is 5.95 Å². The van der Waals surface area contributed by atoms with E-state index >= 15 is 0 Å². The minimum absolute atomic E-state index is 0.218. The highest BCUT2D eigenvalue weighted by atomic mass is 16.3. The molecule has 0 saturated carbocycles. The zero-order chi connectivity index (χ0) is 19.7. The Bertz CT molecular complexity index is 979. The lowest BCUT2D eigenvalue weighted by Gasteiger charge is -2.37. The van der Waals surface area contributed by atoms with Gasteiger partial charge in [0.25, 0.3) is 0 Å². The van der Waals surface area contributed by atoms with Gasteiger partial charge in [-0.25, -0.2) is 4.98 Å². The van der Waals surface area contributed by atoms with Gasteiger partial charge in [-0.15, -0.1) is 0 Å². The Morgan fingerprint density at radius 3 is 2.50 bits per heavy atom. The Balaban J connectivity index is 1.70. The van der Waals surface area contributed by atoms with Crippen LogP contribution in [0.3, 0.4) is 0 Å². The Morgan fingerprint density at radius 2 is 1.82 bits per heavy atom. The van der Waals surface area contributed by atoms with Gasteiger partial charge in [-0.3, -0.25) is 4.98 Å². The van der Waals surface area contributed by atoms with E-state index in [2.05, 4.69) is 47.2 Å². The van der Waals surface area contributed by atoms with E-state index in [9.17, 15) is 10.2 Å². The first-order valence-electron chi connectivity index (χ1n) is 9.51. The molecule has 3 heterocycles. The van der Waals surface area contributed by atoms with E-state index in [1.807, 2.05) is 6.07 Å². The molecule has 7 heteroatoms. The van der Waals surface area contributed by atoms with E-state index in [0.29, 0.717) is 37.7 Å². The molecule has 1 aliphatic rings. The van der Waals surface area contributed by atoms with Gasteiger partial charge in [0.15, 0.2) is 0 Å². The Hall–Kier alpha value is -2.77. The molecule has 0 aliphatic carbocycles. The predicted octanol–water partition coefficient (Wildman–Crippen LogP) is 2.71. The van der Waals surface area contributed by atoms with Crippen LogP contribution in [0.4, 0.5) is 17.5 Å². The number of aryl methyl sites for hydroxylation is 2. The third-order valence-electron chi connectivity index (χ3n) is 5.24. The molecule has 3 N–H and O–H groups in total. The molecule has 0 unspecified atom stereocenters. The molecular weight excluding hydrogens is 354 g/mol. The van der Waals surface area contributed by atoms with Crippen LogP contribution in [0.5, 0.6) is 0 Å². The van der Waals surface area contributed by atoms with Crippen LogP contribution in [0.25, 0.3) is 10.9 Å². The number of aromatic nitrogens is 3. The lowest BCUT2D eigenvalue weighted by molar-refractivity contribution is -0.0327. The average Bonchev–Trinajstić information content (AvgIpc) is 2.68. The third-order valence-corrected chi connectivity index (χ3v) is 5.24. The second-order valence-corrected chi connectivity index (χ2v) is 7.64. The van der Waals surface area contributed by atoms with Crippen molar-refractivity contribution in [3.8, 4) is 0 Å². The number of pyridine rings is 1. The number of benzene rings is 1. The van der Waals surface area contributed by atoms with Gasteiger partial charge in [-0.05, 0) is 56.0 Å². The van der Waals surface area contributed by atoms with Gasteiger partial charge in [0.05, 0.1) is 23.1 Å². The summed E-state index contributed by atoms with van der Waals surface area (Å²) < 4.78 is 0. The van der Waals surface area contributed by atoms with Crippen LogP contribution in [0.2, 0.25) is 0 Å². The summed E-state index contributed by atoms with van der Waals surface area (Å²) in [4.78, 5) is 15.8. The Kier molecular flexibility index (Phi) is 4.87. The van der Waals surface area contributed by atoms with Crippen LogP contribution in [0.1, 0.15) is 24.0 Å². The van der Waals surface area contributed by atoms with E-state index in [1.165, 1.54) is 11.1 Å². The summed E-state index contributed by atoms with van der Waals surface area (Å²) in [6.07, 6.45) is 4.47. The van der Waals surface area contributed by atoms with Gasteiger partial charge in [-0.1, -0.05) is 6.07 Å². The topological polar surface area (TPSA) is 94.4 Å². The number of aliphatic hydroxyl groups excluding tert-OH is 1. The molecule has 3 aromatic rings. The van der Waals surface area contributed by atoms with Crippen molar-refractivity contribution in [3.05, 3.63) is 47.8 Å². The normalized spacial score (nSPS) is 16.4. The number of nitrogens with zero attached hydrogens (tertiary/aromatic N) is 4.